The molecule has 0 radical (unpaired) electrons. The van der Waals surface area contributed by atoms with E-state index in [-0.39, 0.29) is 19.1 Å². The van der Waals surface area contributed by atoms with Crippen LogP contribution >= 0.6 is 0 Å². The zero-order chi connectivity index (χ0) is 14.0. The Balaban J connectivity index is 0.000000321. The van der Waals surface area contributed by atoms with Crippen molar-refractivity contribution in [1.82, 2.24) is 5.32 Å². The molecule has 0 aliphatic carbocycles. The zero-order valence-corrected chi connectivity index (χ0v) is 10.6. The first kappa shape index (κ1) is 16.6. The zero-order valence-electron chi connectivity index (χ0n) is 10.6. The van der Waals surface area contributed by atoms with E-state index in [2.05, 4.69) is 16.6 Å². The number of piperidine rings is 1. The topological polar surface area (TPSA) is 95.9 Å². The quantitative estimate of drug-likeness (QED) is 0.492. The first-order valence-electron chi connectivity index (χ1n) is 5.86. The van der Waals surface area contributed by atoms with E-state index in [0.717, 1.165) is 25.9 Å². The van der Waals surface area contributed by atoms with Crippen LogP contribution in [-0.4, -0.2) is 48.5 Å². The maximum absolute atomic E-state index is 10.5. The van der Waals surface area contributed by atoms with E-state index in [9.17, 15) is 9.59 Å². The van der Waals surface area contributed by atoms with Gasteiger partial charge in [0.15, 0.2) is 0 Å². The molecule has 6 heteroatoms. The first-order chi connectivity index (χ1) is 8.49. The fraction of sp³-hybridized carbons (Fsp3) is 0.667. The van der Waals surface area contributed by atoms with E-state index < -0.39 is 11.9 Å². The second kappa shape index (κ2) is 9.61. The third-order valence-corrected chi connectivity index (χ3v) is 2.36. The highest BCUT2D eigenvalue weighted by molar-refractivity contribution is 5.86. The van der Waals surface area contributed by atoms with Crippen LogP contribution in [0.25, 0.3) is 0 Å². The molecule has 1 heterocycles. The molecule has 3 N–H and O–H groups in total. The number of carboxylic acid groups (broad SMARTS) is 1. The molecular weight excluding hydrogens is 238 g/mol. The van der Waals surface area contributed by atoms with Crippen molar-refractivity contribution in [2.24, 2.45) is 5.92 Å². The number of ether oxygens (including phenoxy) is 1. The van der Waals surface area contributed by atoms with Gasteiger partial charge in [-0.1, -0.05) is 6.58 Å². The molecule has 1 aliphatic rings. The van der Waals surface area contributed by atoms with Gasteiger partial charge in [0.2, 0.25) is 0 Å². The Morgan fingerprint density at radius 1 is 1.39 bits per heavy atom. The summed E-state index contributed by atoms with van der Waals surface area (Å²) >= 11 is 0. The summed E-state index contributed by atoms with van der Waals surface area (Å²) < 4.78 is 4.46. The van der Waals surface area contributed by atoms with Crippen LogP contribution in [0.5, 0.6) is 0 Å². The van der Waals surface area contributed by atoms with Crippen LogP contribution in [0.3, 0.4) is 0 Å². The molecule has 0 aromatic heterocycles. The van der Waals surface area contributed by atoms with Gasteiger partial charge in [-0.05, 0) is 32.9 Å². The van der Waals surface area contributed by atoms with Crippen LogP contribution in [0.15, 0.2) is 12.2 Å². The SMILES string of the molecule is C=C(C)C(=O)OCCO.O=C(O)C1CCNCC1. The van der Waals surface area contributed by atoms with Crippen LogP contribution in [0.1, 0.15) is 19.8 Å². The molecule has 1 fully saturated rings. The van der Waals surface area contributed by atoms with Crippen molar-refractivity contribution in [2.45, 2.75) is 19.8 Å². The fourth-order valence-corrected chi connectivity index (χ4v) is 1.33. The van der Waals surface area contributed by atoms with Crippen molar-refractivity contribution in [1.29, 1.82) is 0 Å². The van der Waals surface area contributed by atoms with Gasteiger partial charge in [-0.25, -0.2) is 4.79 Å². The predicted octanol–water partition coefficient (Wildman–Crippen LogP) is 0.169. The van der Waals surface area contributed by atoms with Gasteiger partial charge in [0.25, 0.3) is 0 Å². The van der Waals surface area contributed by atoms with Crippen LogP contribution in [-0.2, 0) is 14.3 Å². The van der Waals surface area contributed by atoms with Gasteiger partial charge in [-0.3, -0.25) is 4.79 Å². The lowest BCUT2D eigenvalue weighted by molar-refractivity contribution is -0.142. The van der Waals surface area contributed by atoms with Crippen LogP contribution in [0, 0.1) is 5.92 Å². The fourth-order valence-electron chi connectivity index (χ4n) is 1.33. The number of aliphatic hydroxyl groups excluding tert-OH is 1. The van der Waals surface area contributed by atoms with Crippen molar-refractivity contribution >= 4 is 11.9 Å². The Labute approximate surface area is 107 Å². The molecule has 0 aromatic rings. The molecular formula is C12H21NO5. The molecule has 0 atom stereocenters. The van der Waals surface area contributed by atoms with E-state index in [1.165, 1.54) is 0 Å². The maximum Gasteiger partial charge on any atom is 0.333 e. The summed E-state index contributed by atoms with van der Waals surface area (Å²) in [5, 5.41) is 19.8. The summed E-state index contributed by atoms with van der Waals surface area (Å²) in [4.78, 5) is 20.8. The summed E-state index contributed by atoms with van der Waals surface area (Å²) in [6.45, 7) is 6.53. The third-order valence-electron chi connectivity index (χ3n) is 2.36. The van der Waals surface area contributed by atoms with E-state index in [0.29, 0.717) is 5.57 Å². The molecule has 0 amide bonds. The van der Waals surface area contributed by atoms with Crippen molar-refractivity contribution in [3.8, 4) is 0 Å². The van der Waals surface area contributed by atoms with E-state index in [1.807, 2.05) is 0 Å². The summed E-state index contributed by atoms with van der Waals surface area (Å²) in [6.07, 6.45) is 1.57. The predicted molar refractivity (Wildman–Crippen MR) is 66.1 cm³/mol. The van der Waals surface area contributed by atoms with Gasteiger partial charge in [-0.2, -0.15) is 0 Å². The van der Waals surface area contributed by atoms with Crippen LogP contribution in [0.4, 0.5) is 0 Å². The van der Waals surface area contributed by atoms with Gasteiger partial charge in [0.05, 0.1) is 12.5 Å². The van der Waals surface area contributed by atoms with E-state index in [1.54, 1.807) is 6.92 Å². The Morgan fingerprint density at radius 3 is 2.28 bits per heavy atom. The average Bonchev–Trinajstić information content (AvgIpc) is 2.37. The highest BCUT2D eigenvalue weighted by Crippen LogP contribution is 2.10. The molecule has 18 heavy (non-hydrogen) atoms. The average molecular weight is 259 g/mol. The highest BCUT2D eigenvalue weighted by atomic mass is 16.5. The van der Waals surface area contributed by atoms with Gasteiger partial charge >= 0.3 is 11.9 Å². The van der Waals surface area contributed by atoms with Gasteiger partial charge in [-0.15, -0.1) is 0 Å². The normalized spacial score (nSPS) is 15.2. The lowest BCUT2D eigenvalue weighted by atomic mass is 9.99. The first-order valence-corrected chi connectivity index (χ1v) is 5.86. The molecule has 1 aliphatic heterocycles. The molecule has 0 spiro atoms. The Kier molecular flexibility index (Phi) is 8.86. The van der Waals surface area contributed by atoms with Crippen molar-refractivity contribution in [2.75, 3.05) is 26.3 Å². The molecule has 104 valence electrons. The van der Waals surface area contributed by atoms with Crippen LogP contribution < -0.4 is 5.32 Å². The number of nitrogens with one attached hydrogen (secondary N) is 1. The number of carboxylic acids is 1. The van der Waals surface area contributed by atoms with Gasteiger partial charge < -0.3 is 20.3 Å². The summed E-state index contributed by atoms with van der Waals surface area (Å²) in [6, 6.07) is 0. The van der Waals surface area contributed by atoms with Gasteiger partial charge in [0.1, 0.15) is 6.61 Å². The maximum atomic E-state index is 10.5. The molecule has 0 aromatic carbocycles. The van der Waals surface area contributed by atoms with E-state index >= 15 is 0 Å². The van der Waals surface area contributed by atoms with Gasteiger partial charge in [0, 0.05) is 5.57 Å². The lowest BCUT2D eigenvalue weighted by Crippen LogP contribution is -2.31. The largest absolute Gasteiger partial charge is 0.481 e. The summed E-state index contributed by atoms with van der Waals surface area (Å²) in [7, 11) is 0. The van der Waals surface area contributed by atoms with Crippen molar-refractivity contribution in [3.05, 3.63) is 12.2 Å². The summed E-state index contributed by atoms with van der Waals surface area (Å²) in [5.74, 6) is -1.19. The number of aliphatic carboxylic acids is 1. The minimum absolute atomic E-state index is 0.0473. The highest BCUT2D eigenvalue weighted by Gasteiger charge is 2.18. The Bertz CT molecular complexity index is 284. The Morgan fingerprint density at radius 2 is 1.94 bits per heavy atom. The summed E-state index contributed by atoms with van der Waals surface area (Å²) in [5.41, 5.74) is 0.350. The number of hydrogen-bond acceptors (Lipinski definition) is 5. The minimum atomic E-state index is -0.642. The number of aliphatic hydroxyl groups is 1. The second-order valence-electron chi connectivity index (χ2n) is 4.00. The molecule has 6 nitrogen and oxygen atoms in total. The number of esters is 1. The monoisotopic (exact) mass is 259 g/mol. The molecule has 0 bridgehead atoms. The van der Waals surface area contributed by atoms with Crippen molar-refractivity contribution < 1.29 is 24.5 Å². The van der Waals surface area contributed by atoms with E-state index in [4.69, 9.17) is 10.2 Å². The molecule has 1 rings (SSSR count). The molecule has 0 unspecified atom stereocenters. The smallest absolute Gasteiger partial charge is 0.333 e. The Hall–Kier alpha value is -1.40. The third kappa shape index (κ3) is 7.81. The minimum Gasteiger partial charge on any atom is -0.481 e. The standard InChI is InChI=1S/C6H11NO2.C6H10O3/c8-6(9)5-1-3-7-4-2-5;1-5(2)6(8)9-4-3-7/h5,7H,1-4H2,(H,8,9);7H,1,3-4H2,2H3. The molecule has 1 saturated heterocycles. The second-order valence-corrected chi connectivity index (χ2v) is 4.00. The number of hydrogen-bond donors (Lipinski definition) is 3. The molecule has 0 saturated carbocycles. The number of carbonyl (C=O) groups is 2. The van der Waals surface area contributed by atoms with Crippen LogP contribution in [0.2, 0.25) is 0 Å². The number of carbonyl (C=O) groups excluding carboxylic acids is 1. The van der Waals surface area contributed by atoms with Crippen molar-refractivity contribution in [3.63, 3.8) is 0 Å². The number of rotatable bonds is 4. The lowest BCUT2D eigenvalue weighted by Gasteiger charge is -2.17.